The SMILES string of the molecule is CCOC(=O)c1ccc(N2CCN(C(=O)c3cc(S(=O)(=O)N4CCCC4)c(C)o3)CC2)nc1. The second-order valence-electron chi connectivity index (χ2n) is 8.05. The topological polar surface area (TPSA) is 113 Å². The number of furan rings is 1. The van der Waals surface area contributed by atoms with Gasteiger partial charge in [-0.15, -0.1) is 0 Å². The highest BCUT2D eigenvalue weighted by Crippen LogP contribution is 2.27. The Morgan fingerprint density at radius 3 is 2.39 bits per heavy atom. The summed E-state index contributed by atoms with van der Waals surface area (Å²) in [6.45, 7) is 6.59. The lowest BCUT2D eigenvalue weighted by atomic mass is 10.2. The van der Waals surface area contributed by atoms with Crippen molar-refractivity contribution in [3.8, 4) is 0 Å². The number of pyridine rings is 1. The van der Waals surface area contributed by atoms with Crippen molar-refractivity contribution in [2.45, 2.75) is 31.6 Å². The quantitative estimate of drug-likeness (QED) is 0.581. The minimum atomic E-state index is -3.65. The van der Waals surface area contributed by atoms with Gasteiger partial charge in [0.25, 0.3) is 5.91 Å². The normalized spacial score (nSPS) is 17.4. The van der Waals surface area contributed by atoms with Crippen molar-refractivity contribution in [2.75, 3.05) is 50.8 Å². The third-order valence-corrected chi connectivity index (χ3v) is 7.92. The molecule has 2 aromatic rings. The Balaban J connectivity index is 1.39. The maximum Gasteiger partial charge on any atom is 0.339 e. The van der Waals surface area contributed by atoms with Crippen molar-refractivity contribution in [1.29, 1.82) is 0 Å². The first kappa shape index (κ1) is 23.2. The molecule has 2 aliphatic rings. The highest BCUT2D eigenvalue weighted by molar-refractivity contribution is 7.89. The summed E-state index contributed by atoms with van der Waals surface area (Å²) in [5.41, 5.74) is 0.391. The Bertz CT molecular complexity index is 1110. The van der Waals surface area contributed by atoms with E-state index in [0.717, 1.165) is 12.8 Å². The average Bonchev–Trinajstić information content (AvgIpc) is 3.50. The van der Waals surface area contributed by atoms with E-state index in [9.17, 15) is 18.0 Å². The molecule has 4 rings (SSSR count). The van der Waals surface area contributed by atoms with Gasteiger partial charge in [-0.3, -0.25) is 4.79 Å². The number of hydrogen-bond donors (Lipinski definition) is 0. The first-order valence-electron chi connectivity index (χ1n) is 11.1. The number of hydrogen-bond acceptors (Lipinski definition) is 8. The highest BCUT2D eigenvalue weighted by atomic mass is 32.2. The van der Waals surface area contributed by atoms with E-state index in [1.807, 2.05) is 4.90 Å². The van der Waals surface area contributed by atoms with Gasteiger partial charge in [-0.2, -0.15) is 4.31 Å². The molecule has 178 valence electrons. The predicted molar refractivity (Wildman–Crippen MR) is 120 cm³/mol. The molecule has 2 saturated heterocycles. The molecule has 0 spiro atoms. The molecule has 0 N–H and O–H groups in total. The summed E-state index contributed by atoms with van der Waals surface area (Å²) >= 11 is 0. The fraction of sp³-hybridized carbons (Fsp3) is 0.500. The van der Waals surface area contributed by atoms with Crippen LogP contribution in [-0.4, -0.2) is 80.4 Å². The van der Waals surface area contributed by atoms with Crippen LogP contribution in [0.1, 0.15) is 46.4 Å². The Morgan fingerprint density at radius 2 is 1.79 bits per heavy atom. The summed E-state index contributed by atoms with van der Waals surface area (Å²) in [7, 11) is -3.65. The largest absolute Gasteiger partial charge is 0.462 e. The summed E-state index contributed by atoms with van der Waals surface area (Å²) in [5, 5.41) is 0. The summed E-state index contributed by atoms with van der Waals surface area (Å²) < 4.78 is 37.7. The molecule has 11 heteroatoms. The molecule has 0 aliphatic carbocycles. The number of piperazine rings is 1. The van der Waals surface area contributed by atoms with Gasteiger partial charge in [0.2, 0.25) is 10.0 Å². The van der Waals surface area contributed by atoms with E-state index in [1.165, 1.54) is 16.6 Å². The summed E-state index contributed by atoms with van der Waals surface area (Å²) in [6, 6.07) is 4.79. The Labute approximate surface area is 193 Å². The van der Waals surface area contributed by atoms with Crippen LogP contribution in [0.3, 0.4) is 0 Å². The molecule has 0 saturated carbocycles. The van der Waals surface area contributed by atoms with Crippen LogP contribution in [0.15, 0.2) is 33.7 Å². The van der Waals surface area contributed by atoms with E-state index >= 15 is 0 Å². The van der Waals surface area contributed by atoms with Gasteiger partial charge in [-0.05, 0) is 38.8 Å². The van der Waals surface area contributed by atoms with Crippen molar-refractivity contribution in [2.24, 2.45) is 0 Å². The number of carbonyl (C=O) groups excluding carboxylic acids is 2. The lowest BCUT2D eigenvalue weighted by molar-refractivity contribution is 0.0525. The van der Waals surface area contributed by atoms with Crippen LogP contribution >= 0.6 is 0 Å². The van der Waals surface area contributed by atoms with Crippen LogP contribution in [0.4, 0.5) is 5.82 Å². The number of nitrogens with zero attached hydrogens (tertiary/aromatic N) is 4. The number of amides is 1. The molecule has 0 bridgehead atoms. The molecular formula is C22H28N4O6S. The Kier molecular flexibility index (Phi) is 6.71. The monoisotopic (exact) mass is 476 g/mol. The van der Waals surface area contributed by atoms with Crippen LogP contribution in [0.5, 0.6) is 0 Å². The molecule has 0 aromatic carbocycles. The van der Waals surface area contributed by atoms with Crippen molar-refractivity contribution in [1.82, 2.24) is 14.2 Å². The summed E-state index contributed by atoms with van der Waals surface area (Å²) in [6.07, 6.45) is 3.16. The average molecular weight is 477 g/mol. The van der Waals surface area contributed by atoms with E-state index in [-0.39, 0.29) is 22.3 Å². The lowest BCUT2D eigenvalue weighted by Gasteiger charge is -2.35. The van der Waals surface area contributed by atoms with Crippen molar-refractivity contribution >= 4 is 27.7 Å². The fourth-order valence-electron chi connectivity index (χ4n) is 4.10. The van der Waals surface area contributed by atoms with E-state index in [1.54, 1.807) is 30.9 Å². The molecule has 0 radical (unpaired) electrons. The number of sulfonamides is 1. The number of rotatable bonds is 6. The molecule has 0 unspecified atom stereocenters. The van der Waals surface area contributed by atoms with Crippen molar-refractivity contribution < 1.29 is 27.2 Å². The van der Waals surface area contributed by atoms with Crippen LogP contribution < -0.4 is 4.90 Å². The molecule has 4 heterocycles. The number of ether oxygens (including phenoxy) is 1. The molecule has 10 nitrogen and oxygen atoms in total. The third-order valence-electron chi connectivity index (χ3n) is 5.92. The van der Waals surface area contributed by atoms with Crippen LogP contribution in [0.25, 0.3) is 0 Å². The standard InChI is InChI=1S/C22H28N4O6S/c1-3-31-22(28)17-6-7-20(23-15-17)24-10-12-25(13-11-24)21(27)18-14-19(16(2)32-18)33(29,30)26-8-4-5-9-26/h6-7,14-15H,3-5,8-13H2,1-2H3. The van der Waals surface area contributed by atoms with Crippen molar-refractivity contribution in [3.63, 3.8) is 0 Å². The summed E-state index contributed by atoms with van der Waals surface area (Å²) in [5.74, 6) is 0.242. The first-order valence-corrected chi connectivity index (χ1v) is 12.5. The smallest absolute Gasteiger partial charge is 0.339 e. The molecule has 2 aliphatic heterocycles. The van der Waals surface area contributed by atoms with Gasteiger partial charge in [-0.25, -0.2) is 18.2 Å². The number of aryl methyl sites for hydroxylation is 1. The van der Waals surface area contributed by atoms with Gasteiger partial charge in [0.15, 0.2) is 5.76 Å². The number of anilines is 1. The van der Waals surface area contributed by atoms with Crippen LogP contribution in [0.2, 0.25) is 0 Å². The Morgan fingerprint density at radius 1 is 1.09 bits per heavy atom. The van der Waals surface area contributed by atoms with Gasteiger partial charge >= 0.3 is 5.97 Å². The Hall–Kier alpha value is -2.92. The maximum absolute atomic E-state index is 13.0. The minimum absolute atomic E-state index is 0.0376. The van der Waals surface area contributed by atoms with Crippen LogP contribution in [-0.2, 0) is 14.8 Å². The zero-order valence-corrected chi connectivity index (χ0v) is 19.6. The first-order chi connectivity index (χ1) is 15.8. The minimum Gasteiger partial charge on any atom is -0.462 e. The maximum atomic E-state index is 13.0. The zero-order chi connectivity index (χ0) is 23.6. The van der Waals surface area contributed by atoms with E-state index in [4.69, 9.17) is 9.15 Å². The van der Waals surface area contributed by atoms with Gasteiger partial charge in [0, 0.05) is 51.5 Å². The number of aromatic nitrogens is 1. The van der Waals surface area contributed by atoms with E-state index < -0.39 is 16.0 Å². The predicted octanol–water partition coefficient (Wildman–Crippen LogP) is 1.91. The van der Waals surface area contributed by atoms with E-state index in [2.05, 4.69) is 4.98 Å². The molecular weight excluding hydrogens is 448 g/mol. The molecule has 1 amide bonds. The fourth-order valence-corrected chi connectivity index (χ4v) is 5.78. The zero-order valence-electron chi connectivity index (χ0n) is 18.8. The number of carbonyl (C=O) groups is 2. The summed E-state index contributed by atoms with van der Waals surface area (Å²) in [4.78, 5) is 32.8. The third kappa shape index (κ3) is 4.74. The van der Waals surface area contributed by atoms with Gasteiger partial charge in [-0.1, -0.05) is 0 Å². The molecule has 2 aromatic heterocycles. The highest BCUT2D eigenvalue weighted by Gasteiger charge is 2.33. The van der Waals surface area contributed by atoms with Gasteiger partial charge in [0.05, 0.1) is 12.2 Å². The second kappa shape index (κ2) is 9.52. The van der Waals surface area contributed by atoms with Crippen molar-refractivity contribution in [3.05, 3.63) is 41.5 Å². The molecule has 33 heavy (non-hydrogen) atoms. The second-order valence-corrected chi connectivity index (χ2v) is 9.95. The molecule has 0 atom stereocenters. The molecule has 2 fully saturated rings. The van der Waals surface area contributed by atoms with Crippen LogP contribution in [0, 0.1) is 6.92 Å². The lowest BCUT2D eigenvalue weighted by Crippen LogP contribution is -2.49. The number of esters is 1. The van der Waals surface area contributed by atoms with E-state index in [0.29, 0.717) is 57.3 Å². The van der Waals surface area contributed by atoms with Gasteiger partial charge < -0.3 is 19.0 Å². The van der Waals surface area contributed by atoms with Gasteiger partial charge in [0.1, 0.15) is 16.5 Å².